The molecule has 5 unspecified atom stereocenters. The summed E-state index contributed by atoms with van der Waals surface area (Å²) < 4.78 is 3.20. The lowest BCUT2D eigenvalue weighted by Crippen LogP contribution is -2.49. The van der Waals surface area contributed by atoms with Crippen LogP contribution in [0.3, 0.4) is 0 Å². The van der Waals surface area contributed by atoms with Crippen molar-refractivity contribution in [3.63, 3.8) is 0 Å². The van der Waals surface area contributed by atoms with E-state index in [-0.39, 0.29) is 47.9 Å². The summed E-state index contributed by atoms with van der Waals surface area (Å²) in [6.07, 6.45) is 0.478. The van der Waals surface area contributed by atoms with Crippen LogP contribution in [0.1, 0.15) is 26.7 Å². The molecule has 0 aromatic heterocycles. The Bertz CT molecular complexity index is 876. The molecule has 160 valence electrons. The summed E-state index contributed by atoms with van der Waals surface area (Å²) in [5, 5.41) is 0.182. The number of esters is 1. The number of ether oxygens (including phenoxy) is 1. The molecule has 4 rings (SSSR count). The van der Waals surface area contributed by atoms with Crippen LogP contribution in [0.4, 0.5) is 0 Å². The van der Waals surface area contributed by atoms with Gasteiger partial charge >= 0.3 is 5.97 Å². The SMILES string of the molecule is CC(=O)OCCN1C(=O)C2CC3[C@@H](CC2(C)C1=O)C1(Cl)C(Cl)=C(Cl)C3(Cl)C1(Cl)Cl. The van der Waals surface area contributed by atoms with Gasteiger partial charge in [-0.15, -0.1) is 23.2 Å². The lowest BCUT2D eigenvalue weighted by atomic mass is 9.58. The number of carbonyl (C=O) groups excluding carboxylic acids is 3. The van der Waals surface area contributed by atoms with Gasteiger partial charge in [0.1, 0.15) is 16.4 Å². The van der Waals surface area contributed by atoms with Crippen molar-refractivity contribution < 1.29 is 19.1 Å². The zero-order valence-corrected chi connectivity index (χ0v) is 19.9. The second-order valence-electron chi connectivity index (χ2n) is 8.38. The predicted molar refractivity (Wildman–Crippen MR) is 112 cm³/mol. The molecule has 4 aliphatic rings. The maximum atomic E-state index is 13.2. The Morgan fingerprint density at radius 3 is 2.21 bits per heavy atom. The van der Waals surface area contributed by atoms with E-state index in [1.165, 1.54) is 6.92 Å². The number of allylic oxidation sites excluding steroid dienone is 2. The molecule has 0 spiro atoms. The first-order valence-electron chi connectivity index (χ1n) is 9.07. The van der Waals surface area contributed by atoms with E-state index >= 15 is 0 Å². The number of alkyl halides is 4. The van der Waals surface area contributed by atoms with Gasteiger partial charge in [-0.3, -0.25) is 19.3 Å². The highest BCUT2D eigenvalue weighted by molar-refractivity contribution is 6.65. The zero-order valence-electron chi connectivity index (χ0n) is 15.4. The van der Waals surface area contributed by atoms with Gasteiger partial charge in [0.15, 0.2) is 4.33 Å². The highest BCUT2D eigenvalue weighted by Gasteiger charge is 2.84. The lowest BCUT2D eigenvalue weighted by molar-refractivity contribution is -0.147. The van der Waals surface area contributed by atoms with E-state index in [4.69, 9.17) is 74.3 Å². The van der Waals surface area contributed by atoms with Crippen molar-refractivity contribution >= 4 is 87.4 Å². The third kappa shape index (κ3) is 2.41. The number of nitrogens with zero attached hydrogens (tertiary/aromatic N) is 1. The van der Waals surface area contributed by atoms with E-state index in [1.54, 1.807) is 6.92 Å². The fourth-order valence-corrected chi connectivity index (χ4v) is 8.72. The summed E-state index contributed by atoms with van der Waals surface area (Å²) in [5.74, 6) is -2.67. The molecule has 5 nitrogen and oxygen atoms in total. The molecule has 6 atom stereocenters. The molecule has 0 N–H and O–H groups in total. The average molecular weight is 524 g/mol. The van der Waals surface area contributed by atoms with Crippen molar-refractivity contribution in [1.29, 1.82) is 0 Å². The van der Waals surface area contributed by atoms with E-state index in [1.807, 2.05) is 0 Å². The van der Waals surface area contributed by atoms with Gasteiger partial charge in [-0.1, -0.05) is 46.4 Å². The van der Waals surface area contributed by atoms with Crippen LogP contribution in [0.5, 0.6) is 0 Å². The topological polar surface area (TPSA) is 63.7 Å². The number of hydrogen-bond acceptors (Lipinski definition) is 4. The summed E-state index contributed by atoms with van der Waals surface area (Å²) in [6.45, 7) is 2.92. The summed E-state index contributed by atoms with van der Waals surface area (Å²) in [5.41, 5.74) is -1.01. The van der Waals surface area contributed by atoms with Crippen LogP contribution in [0.2, 0.25) is 0 Å². The van der Waals surface area contributed by atoms with Crippen LogP contribution < -0.4 is 0 Å². The lowest BCUT2D eigenvalue weighted by Gasteiger charge is -2.46. The van der Waals surface area contributed by atoms with E-state index in [0.717, 1.165) is 4.90 Å². The van der Waals surface area contributed by atoms with Crippen LogP contribution in [0.25, 0.3) is 0 Å². The molecule has 1 heterocycles. The molecule has 11 heteroatoms. The summed E-state index contributed by atoms with van der Waals surface area (Å²) in [6, 6.07) is 0. The van der Waals surface area contributed by atoms with Crippen LogP contribution in [-0.2, 0) is 19.1 Å². The van der Waals surface area contributed by atoms with E-state index < -0.39 is 43.2 Å². The standard InChI is InChI=1S/C18H17Cl6NO4/c1-7(26)29-4-3-25-13(27)9-5-8-10(6-15(9,2)14(25)28)17(22)12(20)11(19)16(8,21)18(17,23)24/h8-10H,3-6H2,1-2H3/t8?,9?,10-,15?,16?,17?/m1/s1. The molecular weight excluding hydrogens is 507 g/mol. The van der Waals surface area contributed by atoms with Crippen molar-refractivity contribution in [3.05, 3.63) is 10.1 Å². The molecule has 0 aromatic carbocycles. The molecule has 1 aliphatic heterocycles. The minimum absolute atomic E-state index is 0.00851. The second-order valence-corrected chi connectivity index (χ2v) is 11.7. The number of rotatable bonds is 3. The Morgan fingerprint density at radius 1 is 1.10 bits per heavy atom. The molecule has 1 saturated heterocycles. The number of likely N-dealkylation sites (tertiary alicyclic amines) is 1. The number of carbonyl (C=O) groups is 3. The average Bonchev–Trinajstić information content (AvgIpc) is 2.95. The minimum Gasteiger partial charge on any atom is -0.464 e. The molecule has 0 radical (unpaired) electrons. The third-order valence-electron chi connectivity index (χ3n) is 7.07. The summed E-state index contributed by atoms with van der Waals surface area (Å²) in [7, 11) is 0. The minimum atomic E-state index is -1.69. The maximum Gasteiger partial charge on any atom is 0.302 e. The number of imide groups is 1. The Labute approximate surface area is 197 Å². The van der Waals surface area contributed by atoms with Gasteiger partial charge in [-0.05, 0) is 31.6 Å². The van der Waals surface area contributed by atoms with E-state index in [0.29, 0.717) is 0 Å². The number of hydrogen-bond donors (Lipinski definition) is 0. The van der Waals surface area contributed by atoms with E-state index in [2.05, 4.69) is 0 Å². The van der Waals surface area contributed by atoms with Crippen molar-refractivity contribution in [2.75, 3.05) is 13.2 Å². The quantitative estimate of drug-likeness (QED) is 0.312. The summed E-state index contributed by atoms with van der Waals surface area (Å²) in [4.78, 5) is 35.5. The summed E-state index contributed by atoms with van der Waals surface area (Å²) >= 11 is 39.9. The fraction of sp³-hybridized carbons (Fsp3) is 0.722. The first kappa shape index (κ1) is 22.3. The smallest absolute Gasteiger partial charge is 0.302 e. The Hall–Kier alpha value is 0.0900. The third-order valence-corrected chi connectivity index (χ3v) is 11.4. The molecule has 0 aromatic rings. The molecule has 2 saturated carbocycles. The van der Waals surface area contributed by atoms with Gasteiger partial charge in [-0.25, -0.2) is 0 Å². The van der Waals surface area contributed by atoms with Crippen LogP contribution >= 0.6 is 69.6 Å². The van der Waals surface area contributed by atoms with Gasteiger partial charge in [0.05, 0.1) is 27.9 Å². The van der Waals surface area contributed by atoms with Gasteiger partial charge in [0, 0.05) is 6.92 Å². The van der Waals surface area contributed by atoms with Gasteiger partial charge in [0.25, 0.3) is 0 Å². The van der Waals surface area contributed by atoms with Gasteiger partial charge in [0.2, 0.25) is 11.8 Å². The second kappa shape index (κ2) is 6.55. The highest BCUT2D eigenvalue weighted by atomic mass is 35.5. The van der Waals surface area contributed by atoms with Crippen molar-refractivity contribution in [1.82, 2.24) is 4.90 Å². The first-order chi connectivity index (χ1) is 13.3. The van der Waals surface area contributed by atoms with Gasteiger partial charge in [-0.2, -0.15) is 0 Å². The Balaban J connectivity index is 1.70. The zero-order chi connectivity index (χ0) is 21.7. The van der Waals surface area contributed by atoms with Gasteiger partial charge < -0.3 is 4.74 Å². The van der Waals surface area contributed by atoms with Crippen molar-refractivity contribution in [2.24, 2.45) is 23.2 Å². The van der Waals surface area contributed by atoms with Crippen molar-refractivity contribution in [2.45, 2.75) is 40.8 Å². The molecule has 29 heavy (non-hydrogen) atoms. The largest absolute Gasteiger partial charge is 0.464 e. The van der Waals surface area contributed by atoms with E-state index in [9.17, 15) is 14.4 Å². The molecule has 2 amide bonds. The van der Waals surface area contributed by atoms with Crippen LogP contribution in [-0.4, -0.2) is 49.9 Å². The molecular formula is C18H17Cl6NO4. The molecule has 2 bridgehead atoms. The molecule has 3 aliphatic carbocycles. The Kier molecular flexibility index (Phi) is 5.04. The monoisotopic (exact) mass is 521 g/mol. The van der Waals surface area contributed by atoms with Crippen LogP contribution in [0, 0.1) is 23.2 Å². The Morgan fingerprint density at radius 2 is 1.66 bits per heavy atom. The number of fused-ring (bicyclic) bond motifs is 6. The predicted octanol–water partition coefficient (Wildman–Crippen LogP) is 4.41. The highest BCUT2D eigenvalue weighted by Crippen LogP contribution is 2.79. The first-order valence-corrected chi connectivity index (χ1v) is 11.3. The molecule has 3 fully saturated rings. The number of halogens is 6. The van der Waals surface area contributed by atoms with Crippen molar-refractivity contribution in [3.8, 4) is 0 Å². The normalized spacial score (nSPS) is 45.0. The maximum absolute atomic E-state index is 13.2. The number of amides is 2. The van der Waals surface area contributed by atoms with Crippen LogP contribution in [0.15, 0.2) is 10.1 Å². The fourth-order valence-electron chi connectivity index (χ4n) is 5.63.